The number of nitrogen functional groups attached to an aromatic ring is 1. The minimum absolute atomic E-state index is 0.00682. The molecule has 0 radical (unpaired) electrons. The summed E-state index contributed by atoms with van der Waals surface area (Å²) >= 11 is 1.37. The molecule has 1 aliphatic rings. The molecule has 3 N–H and O–H groups in total. The highest BCUT2D eigenvalue weighted by molar-refractivity contribution is 7.15. The van der Waals surface area contributed by atoms with Crippen LogP contribution in [0.25, 0.3) is 5.00 Å². The molecule has 2 aromatic rings. The van der Waals surface area contributed by atoms with Crippen molar-refractivity contribution in [2.24, 2.45) is 0 Å². The first-order valence-electron chi connectivity index (χ1n) is 6.77. The number of aromatic nitrogens is 1. The molecule has 0 bridgehead atoms. The van der Waals surface area contributed by atoms with E-state index in [2.05, 4.69) is 6.07 Å². The van der Waals surface area contributed by atoms with Crippen molar-refractivity contribution >= 4 is 17.0 Å². The molecule has 110 valence electrons. The molecule has 2 aromatic heterocycles. The Balaban J connectivity index is 2.32. The maximum absolute atomic E-state index is 12.3. The summed E-state index contributed by atoms with van der Waals surface area (Å²) in [4.78, 5) is 13.4. The molecule has 1 aliphatic carbocycles. The van der Waals surface area contributed by atoms with Gasteiger partial charge in [-0.2, -0.15) is 10.5 Å². The third-order valence-electron chi connectivity index (χ3n) is 3.83. The summed E-state index contributed by atoms with van der Waals surface area (Å²) in [7, 11) is 0. The lowest BCUT2D eigenvalue weighted by Gasteiger charge is -2.09. The van der Waals surface area contributed by atoms with Gasteiger partial charge in [-0.05, 0) is 31.2 Å². The molecule has 3 rings (SSSR count). The lowest BCUT2D eigenvalue weighted by molar-refractivity contribution is 0.466. The number of aryl methyl sites for hydroxylation is 1. The molecule has 0 saturated carbocycles. The van der Waals surface area contributed by atoms with Gasteiger partial charge in [0.25, 0.3) is 5.56 Å². The van der Waals surface area contributed by atoms with Crippen LogP contribution in [0.3, 0.4) is 0 Å². The van der Waals surface area contributed by atoms with Crippen LogP contribution in [0.4, 0.5) is 5.69 Å². The molecule has 0 spiro atoms. The quantitative estimate of drug-likeness (QED) is 0.833. The summed E-state index contributed by atoms with van der Waals surface area (Å²) in [6.07, 6.45) is 5.06. The van der Waals surface area contributed by atoms with Crippen molar-refractivity contribution in [1.29, 1.82) is 10.5 Å². The summed E-state index contributed by atoms with van der Waals surface area (Å²) in [6, 6.07) is 4.01. The lowest BCUT2D eigenvalue weighted by Crippen LogP contribution is -2.19. The molecule has 0 amide bonds. The van der Waals surface area contributed by atoms with Crippen LogP contribution in [-0.4, -0.2) is 9.67 Å². The second kappa shape index (κ2) is 5.21. The standard InChI is InChI=1S/C15H12N4O2S/c16-5-8-7-19(14(21)13(20)12(8)18)15-10(6-17)9-3-1-2-4-11(9)22-15/h7,20H,1-4,18H2. The average molecular weight is 312 g/mol. The van der Waals surface area contributed by atoms with Crippen LogP contribution in [-0.2, 0) is 12.8 Å². The zero-order valence-electron chi connectivity index (χ0n) is 11.6. The third-order valence-corrected chi connectivity index (χ3v) is 5.12. The van der Waals surface area contributed by atoms with Crippen molar-refractivity contribution in [2.45, 2.75) is 25.7 Å². The van der Waals surface area contributed by atoms with Gasteiger partial charge in [-0.1, -0.05) is 0 Å². The number of thiophene rings is 1. The van der Waals surface area contributed by atoms with Crippen molar-refractivity contribution in [3.8, 4) is 22.9 Å². The first-order chi connectivity index (χ1) is 10.6. The molecule has 0 atom stereocenters. The Bertz CT molecular complexity index is 912. The van der Waals surface area contributed by atoms with E-state index in [4.69, 9.17) is 11.0 Å². The van der Waals surface area contributed by atoms with E-state index in [-0.39, 0.29) is 11.3 Å². The molecule has 0 fully saturated rings. The van der Waals surface area contributed by atoms with Crippen LogP contribution in [0.1, 0.15) is 34.4 Å². The summed E-state index contributed by atoms with van der Waals surface area (Å²) in [5.74, 6) is -0.658. The summed E-state index contributed by atoms with van der Waals surface area (Å²) < 4.78 is 1.16. The second-order valence-corrected chi connectivity index (χ2v) is 6.18. The molecule has 0 saturated heterocycles. The number of hydrogen-bond donors (Lipinski definition) is 2. The summed E-state index contributed by atoms with van der Waals surface area (Å²) in [5.41, 5.74) is 6.05. The Hall–Kier alpha value is -2.77. The number of aromatic hydroxyl groups is 1. The highest BCUT2D eigenvalue weighted by atomic mass is 32.1. The van der Waals surface area contributed by atoms with Crippen molar-refractivity contribution < 1.29 is 5.11 Å². The predicted molar refractivity (Wildman–Crippen MR) is 82.1 cm³/mol. The van der Waals surface area contributed by atoms with E-state index in [1.54, 1.807) is 0 Å². The number of nitrogens with zero attached hydrogens (tertiary/aromatic N) is 3. The van der Waals surface area contributed by atoms with Crippen LogP contribution in [0.2, 0.25) is 0 Å². The van der Waals surface area contributed by atoms with Crippen LogP contribution < -0.4 is 11.3 Å². The summed E-state index contributed by atoms with van der Waals surface area (Å²) in [5, 5.41) is 28.8. The Morgan fingerprint density at radius 1 is 1.27 bits per heavy atom. The first kappa shape index (κ1) is 14.2. The van der Waals surface area contributed by atoms with Gasteiger partial charge in [0, 0.05) is 11.1 Å². The highest BCUT2D eigenvalue weighted by Crippen LogP contribution is 2.36. The largest absolute Gasteiger partial charge is 0.502 e. The molecule has 2 heterocycles. The Labute approximate surface area is 130 Å². The number of pyridine rings is 1. The minimum atomic E-state index is -0.716. The fourth-order valence-electron chi connectivity index (χ4n) is 2.69. The maximum Gasteiger partial charge on any atom is 0.300 e. The van der Waals surface area contributed by atoms with E-state index in [1.807, 2.05) is 6.07 Å². The molecular formula is C15H12N4O2S. The Morgan fingerprint density at radius 2 is 2.00 bits per heavy atom. The number of hydrogen-bond acceptors (Lipinski definition) is 6. The number of nitrogens with two attached hydrogens (primary N) is 1. The van der Waals surface area contributed by atoms with Gasteiger partial charge in [0.05, 0.1) is 16.8 Å². The fraction of sp³-hybridized carbons (Fsp3) is 0.267. The normalized spacial score (nSPS) is 13.2. The van der Waals surface area contributed by atoms with Gasteiger partial charge in [0.2, 0.25) is 5.75 Å². The van der Waals surface area contributed by atoms with E-state index in [1.165, 1.54) is 17.5 Å². The van der Waals surface area contributed by atoms with Crippen LogP contribution in [0.5, 0.6) is 5.75 Å². The van der Waals surface area contributed by atoms with Gasteiger partial charge in [-0.25, -0.2) is 0 Å². The summed E-state index contributed by atoms with van der Waals surface area (Å²) in [6.45, 7) is 0. The number of rotatable bonds is 1. The minimum Gasteiger partial charge on any atom is -0.502 e. The van der Waals surface area contributed by atoms with Gasteiger partial charge in [0.15, 0.2) is 0 Å². The van der Waals surface area contributed by atoms with E-state index in [9.17, 15) is 15.2 Å². The van der Waals surface area contributed by atoms with Gasteiger partial charge in [0.1, 0.15) is 17.1 Å². The zero-order chi connectivity index (χ0) is 15.9. The van der Waals surface area contributed by atoms with E-state index in [0.29, 0.717) is 10.6 Å². The molecule has 0 unspecified atom stereocenters. The first-order valence-corrected chi connectivity index (χ1v) is 7.59. The number of nitriles is 2. The number of anilines is 1. The van der Waals surface area contributed by atoms with Crippen molar-refractivity contribution in [2.75, 3.05) is 5.73 Å². The second-order valence-electron chi connectivity index (χ2n) is 5.09. The van der Waals surface area contributed by atoms with Gasteiger partial charge in [-0.15, -0.1) is 11.3 Å². The maximum atomic E-state index is 12.3. The van der Waals surface area contributed by atoms with Crippen molar-refractivity contribution in [3.63, 3.8) is 0 Å². The smallest absolute Gasteiger partial charge is 0.300 e. The predicted octanol–water partition coefficient (Wildman–Crippen LogP) is 1.81. The average Bonchev–Trinajstić information content (AvgIpc) is 2.91. The molecule has 22 heavy (non-hydrogen) atoms. The van der Waals surface area contributed by atoms with Crippen LogP contribution in [0, 0.1) is 22.7 Å². The lowest BCUT2D eigenvalue weighted by atomic mass is 9.96. The third kappa shape index (κ3) is 1.95. The molecule has 0 aliphatic heterocycles. The van der Waals surface area contributed by atoms with E-state index in [0.717, 1.165) is 40.7 Å². The SMILES string of the molecule is N#Cc1cn(-c2sc3c(c2C#N)CCCC3)c(=O)c(O)c1N. The van der Waals surface area contributed by atoms with Gasteiger partial charge in [-0.3, -0.25) is 9.36 Å². The van der Waals surface area contributed by atoms with Crippen molar-refractivity contribution in [3.05, 3.63) is 38.1 Å². The molecular weight excluding hydrogens is 300 g/mol. The monoisotopic (exact) mass is 312 g/mol. The fourth-order valence-corrected chi connectivity index (χ4v) is 4.00. The molecule has 7 heteroatoms. The Kier molecular flexibility index (Phi) is 3.36. The Morgan fingerprint density at radius 3 is 2.68 bits per heavy atom. The van der Waals surface area contributed by atoms with Gasteiger partial charge >= 0.3 is 0 Å². The topological polar surface area (TPSA) is 116 Å². The molecule has 6 nitrogen and oxygen atoms in total. The zero-order valence-corrected chi connectivity index (χ0v) is 12.4. The van der Waals surface area contributed by atoms with Crippen LogP contribution in [0.15, 0.2) is 11.0 Å². The van der Waals surface area contributed by atoms with Crippen LogP contribution >= 0.6 is 11.3 Å². The van der Waals surface area contributed by atoms with Gasteiger partial charge < -0.3 is 10.8 Å². The van der Waals surface area contributed by atoms with Crippen molar-refractivity contribution in [1.82, 2.24) is 4.57 Å². The molecule has 0 aromatic carbocycles. The number of fused-ring (bicyclic) bond motifs is 1. The highest BCUT2D eigenvalue weighted by Gasteiger charge is 2.24. The van der Waals surface area contributed by atoms with E-state index >= 15 is 0 Å². The van der Waals surface area contributed by atoms with E-state index < -0.39 is 11.3 Å².